The number of aryl methyl sites for hydroxylation is 1. The van der Waals surface area contributed by atoms with Crippen molar-refractivity contribution in [1.82, 2.24) is 20.4 Å². The Labute approximate surface area is 127 Å². The predicted molar refractivity (Wildman–Crippen MR) is 83.2 cm³/mol. The van der Waals surface area contributed by atoms with Crippen LogP contribution in [0.2, 0.25) is 0 Å². The summed E-state index contributed by atoms with van der Waals surface area (Å²) < 4.78 is 0. The summed E-state index contributed by atoms with van der Waals surface area (Å²) in [5.41, 5.74) is 3.41. The molecule has 0 saturated carbocycles. The average molecular weight is 290 g/mol. The van der Waals surface area contributed by atoms with Crippen molar-refractivity contribution in [1.29, 1.82) is 0 Å². The monoisotopic (exact) mass is 290 g/mol. The number of nitrogens with zero attached hydrogens (tertiary/aromatic N) is 3. The van der Waals surface area contributed by atoms with Crippen LogP contribution in [0.5, 0.6) is 0 Å². The third kappa shape index (κ3) is 4.49. The van der Waals surface area contributed by atoms with Gasteiger partial charge >= 0.3 is 0 Å². The topological polar surface area (TPSA) is 58.1 Å². The van der Waals surface area contributed by atoms with Crippen LogP contribution in [0.1, 0.15) is 43.5 Å². The van der Waals surface area contributed by atoms with Crippen molar-refractivity contribution in [3.63, 3.8) is 0 Å². The molecule has 5 nitrogen and oxygen atoms in total. The van der Waals surface area contributed by atoms with Gasteiger partial charge in [-0.3, -0.25) is 4.79 Å². The minimum atomic E-state index is 0.0513. The molecule has 1 aromatic heterocycles. The Hall–Kier alpha value is -1.49. The maximum atomic E-state index is 12.1. The SMILES string of the molecule is CCN(CC)CCNC(=O)Cc1nncc2c1CCCC2. The minimum absolute atomic E-state index is 0.0513. The van der Waals surface area contributed by atoms with Crippen LogP contribution in [0.3, 0.4) is 0 Å². The van der Waals surface area contributed by atoms with Gasteiger partial charge in [-0.2, -0.15) is 10.2 Å². The van der Waals surface area contributed by atoms with Crippen molar-refractivity contribution in [3.8, 4) is 0 Å². The molecule has 0 atom stereocenters. The van der Waals surface area contributed by atoms with E-state index in [2.05, 4.69) is 34.3 Å². The molecule has 0 radical (unpaired) electrons. The van der Waals surface area contributed by atoms with Crippen molar-refractivity contribution < 1.29 is 4.79 Å². The summed E-state index contributed by atoms with van der Waals surface area (Å²) in [6.07, 6.45) is 6.72. The van der Waals surface area contributed by atoms with Gasteiger partial charge in [-0.05, 0) is 49.9 Å². The number of fused-ring (bicyclic) bond motifs is 1. The molecular formula is C16H26N4O. The number of hydrogen-bond donors (Lipinski definition) is 1. The molecule has 0 fully saturated rings. The second-order valence-electron chi connectivity index (χ2n) is 5.56. The number of aromatic nitrogens is 2. The molecule has 1 amide bonds. The van der Waals surface area contributed by atoms with E-state index in [1.807, 2.05) is 6.20 Å². The largest absolute Gasteiger partial charge is 0.354 e. The van der Waals surface area contributed by atoms with E-state index in [9.17, 15) is 4.79 Å². The second-order valence-corrected chi connectivity index (χ2v) is 5.56. The molecule has 0 bridgehead atoms. The quantitative estimate of drug-likeness (QED) is 0.823. The highest BCUT2D eigenvalue weighted by Crippen LogP contribution is 2.22. The van der Waals surface area contributed by atoms with Gasteiger partial charge in [-0.25, -0.2) is 0 Å². The lowest BCUT2D eigenvalue weighted by atomic mass is 9.91. The van der Waals surface area contributed by atoms with E-state index in [-0.39, 0.29) is 5.91 Å². The maximum absolute atomic E-state index is 12.1. The van der Waals surface area contributed by atoms with Gasteiger partial charge in [0.05, 0.1) is 18.3 Å². The number of carbonyl (C=O) groups is 1. The molecule has 1 N–H and O–H groups in total. The summed E-state index contributed by atoms with van der Waals surface area (Å²) in [6.45, 7) is 7.91. The van der Waals surface area contributed by atoms with E-state index in [4.69, 9.17) is 0 Å². The Kier molecular flexibility index (Phi) is 6.11. The highest BCUT2D eigenvalue weighted by atomic mass is 16.1. The molecule has 2 rings (SSSR count). The minimum Gasteiger partial charge on any atom is -0.354 e. The van der Waals surface area contributed by atoms with Crippen LogP contribution in [0.15, 0.2) is 6.20 Å². The number of rotatable bonds is 7. The molecule has 0 spiro atoms. The van der Waals surface area contributed by atoms with Crippen molar-refractivity contribution in [2.24, 2.45) is 0 Å². The highest BCUT2D eigenvalue weighted by Gasteiger charge is 2.16. The van der Waals surface area contributed by atoms with E-state index in [1.165, 1.54) is 24.0 Å². The summed E-state index contributed by atoms with van der Waals surface area (Å²) in [7, 11) is 0. The van der Waals surface area contributed by atoms with Crippen LogP contribution in [-0.4, -0.2) is 47.2 Å². The third-order valence-electron chi connectivity index (χ3n) is 4.22. The van der Waals surface area contributed by atoms with Gasteiger partial charge < -0.3 is 10.2 Å². The molecule has 0 aromatic carbocycles. The Morgan fingerprint density at radius 3 is 2.81 bits per heavy atom. The Morgan fingerprint density at radius 2 is 2.05 bits per heavy atom. The molecule has 0 aliphatic heterocycles. The summed E-state index contributed by atoms with van der Waals surface area (Å²) in [4.78, 5) is 14.4. The first-order chi connectivity index (χ1) is 10.2. The molecule has 0 saturated heterocycles. The van der Waals surface area contributed by atoms with Gasteiger partial charge in [0.2, 0.25) is 5.91 Å². The number of likely N-dealkylation sites (N-methyl/N-ethyl adjacent to an activating group) is 1. The number of amides is 1. The normalized spacial score (nSPS) is 14.0. The molecule has 21 heavy (non-hydrogen) atoms. The van der Waals surface area contributed by atoms with Gasteiger partial charge in [0.25, 0.3) is 0 Å². The molecule has 5 heteroatoms. The van der Waals surface area contributed by atoms with Gasteiger partial charge in [0.1, 0.15) is 0 Å². The number of nitrogens with one attached hydrogen (secondary N) is 1. The van der Waals surface area contributed by atoms with Crippen LogP contribution in [-0.2, 0) is 24.1 Å². The van der Waals surface area contributed by atoms with Gasteiger partial charge in [0.15, 0.2) is 0 Å². The first-order valence-electron chi connectivity index (χ1n) is 8.06. The number of carbonyl (C=O) groups excluding carboxylic acids is 1. The Morgan fingerprint density at radius 1 is 1.29 bits per heavy atom. The lowest BCUT2D eigenvalue weighted by Crippen LogP contribution is -2.35. The smallest absolute Gasteiger partial charge is 0.226 e. The summed E-state index contributed by atoms with van der Waals surface area (Å²) in [6, 6.07) is 0. The van der Waals surface area contributed by atoms with Crippen LogP contribution >= 0.6 is 0 Å². The lowest BCUT2D eigenvalue weighted by molar-refractivity contribution is -0.120. The van der Waals surface area contributed by atoms with Crippen molar-refractivity contribution >= 4 is 5.91 Å². The predicted octanol–water partition coefficient (Wildman–Crippen LogP) is 1.36. The zero-order valence-electron chi connectivity index (χ0n) is 13.2. The molecular weight excluding hydrogens is 264 g/mol. The molecule has 1 aliphatic rings. The van der Waals surface area contributed by atoms with Crippen LogP contribution in [0.25, 0.3) is 0 Å². The highest BCUT2D eigenvalue weighted by molar-refractivity contribution is 5.78. The molecule has 1 aliphatic carbocycles. The molecule has 116 valence electrons. The van der Waals surface area contributed by atoms with Gasteiger partial charge in [-0.1, -0.05) is 13.8 Å². The summed E-state index contributed by atoms with van der Waals surface area (Å²) in [5.74, 6) is 0.0513. The van der Waals surface area contributed by atoms with E-state index in [1.54, 1.807) is 0 Å². The fourth-order valence-electron chi connectivity index (χ4n) is 2.88. The lowest BCUT2D eigenvalue weighted by Gasteiger charge is -2.19. The van der Waals surface area contributed by atoms with Gasteiger partial charge in [-0.15, -0.1) is 0 Å². The van der Waals surface area contributed by atoms with Crippen LogP contribution in [0.4, 0.5) is 0 Å². The zero-order valence-corrected chi connectivity index (χ0v) is 13.2. The Bertz CT molecular complexity index is 471. The van der Waals surface area contributed by atoms with Crippen LogP contribution in [0, 0.1) is 0 Å². The van der Waals surface area contributed by atoms with Crippen molar-refractivity contribution in [2.45, 2.75) is 46.0 Å². The first kappa shape index (κ1) is 15.9. The van der Waals surface area contributed by atoms with Crippen LogP contribution < -0.4 is 5.32 Å². The Balaban J connectivity index is 1.85. The molecule has 0 unspecified atom stereocenters. The van der Waals surface area contributed by atoms with Crippen molar-refractivity contribution in [2.75, 3.05) is 26.2 Å². The van der Waals surface area contributed by atoms with E-state index < -0.39 is 0 Å². The standard InChI is InChI=1S/C16H26N4O/c1-3-20(4-2)10-9-17-16(21)11-15-14-8-6-5-7-13(14)12-18-19-15/h12H,3-11H2,1-2H3,(H,17,21). The molecule has 1 heterocycles. The average Bonchev–Trinajstić information content (AvgIpc) is 2.52. The fraction of sp³-hybridized carbons (Fsp3) is 0.688. The summed E-state index contributed by atoms with van der Waals surface area (Å²) in [5, 5.41) is 11.2. The van der Waals surface area contributed by atoms with E-state index in [0.29, 0.717) is 13.0 Å². The second kappa shape index (κ2) is 8.08. The number of hydrogen-bond acceptors (Lipinski definition) is 4. The molecule has 1 aromatic rings. The fourth-order valence-corrected chi connectivity index (χ4v) is 2.88. The zero-order chi connectivity index (χ0) is 15.1. The third-order valence-corrected chi connectivity index (χ3v) is 4.22. The first-order valence-corrected chi connectivity index (χ1v) is 8.06. The summed E-state index contributed by atoms with van der Waals surface area (Å²) >= 11 is 0. The van der Waals surface area contributed by atoms with Gasteiger partial charge in [0, 0.05) is 13.1 Å². The van der Waals surface area contributed by atoms with E-state index in [0.717, 1.165) is 38.2 Å². The maximum Gasteiger partial charge on any atom is 0.226 e. The van der Waals surface area contributed by atoms with Crippen molar-refractivity contribution in [3.05, 3.63) is 23.0 Å². The van der Waals surface area contributed by atoms with E-state index >= 15 is 0 Å².